The predicted molar refractivity (Wildman–Crippen MR) is 161 cm³/mol. The molecule has 0 unspecified atom stereocenters. The van der Waals surface area contributed by atoms with Crippen molar-refractivity contribution in [1.29, 1.82) is 0 Å². The number of halogens is 2. The smallest absolute Gasteiger partial charge is 0.264 e. The first kappa shape index (κ1) is 31.5. The van der Waals surface area contributed by atoms with Crippen LogP contribution >= 0.6 is 23.2 Å². The van der Waals surface area contributed by atoms with Gasteiger partial charge in [0.15, 0.2) is 0 Å². The maximum atomic E-state index is 14.0. The Morgan fingerprint density at radius 1 is 0.900 bits per heavy atom. The molecule has 0 fully saturated rings. The number of rotatable bonds is 9. The number of carbonyl (C=O) groups is 2. The van der Waals surface area contributed by atoms with Gasteiger partial charge in [0.1, 0.15) is 12.6 Å². The van der Waals surface area contributed by atoms with Crippen molar-refractivity contribution >= 4 is 50.7 Å². The normalized spacial score (nSPS) is 12.5. The molecule has 3 rings (SSSR count). The molecule has 0 spiro atoms. The van der Waals surface area contributed by atoms with E-state index in [-0.39, 0.29) is 33.1 Å². The zero-order valence-corrected chi connectivity index (χ0v) is 25.9. The van der Waals surface area contributed by atoms with Gasteiger partial charge in [0, 0.05) is 12.1 Å². The predicted octanol–water partition coefficient (Wildman–Crippen LogP) is 6.14. The summed E-state index contributed by atoms with van der Waals surface area (Å²) in [5, 5.41) is 3.05. The minimum absolute atomic E-state index is 0.00346. The fourth-order valence-electron chi connectivity index (χ4n) is 3.98. The Hall–Kier alpha value is -3.07. The van der Waals surface area contributed by atoms with Crippen LogP contribution in [0.4, 0.5) is 5.69 Å². The Labute approximate surface area is 247 Å². The quantitative estimate of drug-likeness (QED) is 0.318. The molecular formula is C30H35Cl2N3O4S. The highest BCUT2D eigenvalue weighted by atomic mass is 35.5. The third-order valence-corrected chi connectivity index (χ3v) is 8.81. The maximum Gasteiger partial charge on any atom is 0.264 e. The van der Waals surface area contributed by atoms with Crippen LogP contribution in [0, 0.1) is 13.8 Å². The number of benzene rings is 3. The third-order valence-electron chi connectivity index (χ3n) is 6.23. The summed E-state index contributed by atoms with van der Waals surface area (Å²) in [6.07, 6.45) is 0. The number of sulfonamides is 1. The lowest BCUT2D eigenvalue weighted by molar-refractivity contribution is -0.140. The minimum atomic E-state index is -4.25. The molecule has 7 nitrogen and oxygen atoms in total. The number of carbonyl (C=O) groups excluding carboxylic acids is 2. The summed E-state index contributed by atoms with van der Waals surface area (Å²) in [6.45, 7) is 10.5. The first-order valence-corrected chi connectivity index (χ1v) is 15.0. The number of hydrogen-bond donors (Lipinski definition) is 1. The van der Waals surface area contributed by atoms with Gasteiger partial charge in [-0.15, -0.1) is 0 Å². The Morgan fingerprint density at radius 3 is 2.00 bits per heavy atom. The molecule has 0 aliphatic carbocycles. The number of nitrogens with one attached hydrogen (secondary N) is 1. The van der Waals surface area contributed by atoms with Gasteiger partial charge in [-0.25, -0.2) is 8.42 Å². The molecule has 0 heterocycles. The SMILES string of the molecule is Cc1ccc(CN(C(=O)CN(c2cccc(Cl)c2Cl)S(=O)(=O)c2ccc(C)cc2)[C@H](C)C(=O)NC(C)(C)C)cc1. The molecule has 0 saturated carbocycles. The monoisotopic (exact) mass is 603 g/mol. The van der Waals surface area contributed by atoms with Crippen LogP contribution < -0.4 is 9.62 Å². The van der Waals surface area contributed by atoms with Gasteiger partial charge < -0.3 is 10.2 Å². The molecule has 0 aliphatic rings. The van der Waals surface area contributed by atoms with Gasteiger partial charge in [-0.3, -0.25) is 13.9 Å². The number of anilines is 1. The molecule has 0 radical (unpaired) electrons. The van der Waals surface area contributed by atoms with Crippen LogP contribution in [0.2, 0.25) is 10.0 Å². The van der Waals surface area contributed by atoms with Crippen LogP contribution in [0.1, 0.15) is 44.4 Å². The first-order valence-electron chi connectivity index (χ1n) is 12.8. The molecular weight excluding hydrogens is 569 g/mol. The van der Waals surface area contributed by atoms with Crippen LogP contribution in [-0.4, -0.2) is 43.3 Å². The number of aryl methyl sites for hydroxylation is 2. The zero-order valence-electron chi connectivity index (χ0n) is 23.5. The van der Waals surface area contributed by atoms with E-state index >= 15 is 0 Å². The second-order valence-corrected chi connectivity index (χ2v) is 13.5. The highest BCUT2D eigenvalue weighted by molar-refractivity contribution is 7.92. The van der Waals surface area contributed by atoms with E-state index in [0.29, 0.717) is 0 Å². The molecule has 0 aromatic heterocycles. The summed E-state index contributed by atoms with van der Waals surface area (Å²) in [7, 11) is -4.25. The largest absolute Gasteiger partial charge is 0.350 e. The first-order chi connectivity index (χ1) is 18.6. The van der Waals surface area contributed by atoms with Gasteiger partial charge in [-0.2, -0.15) is 0 Å². The topological polar surface area (TPSA) is 86.8 Å². The van der Waals surface area contributed by atoms with E-state index in [1.807, 2.05) is 58.9 Å². The summed E-state index contributed by atoms with van der Waals surface area (Å²) >= 11 is 12.7. The van der Waals surface area contributed by atoms with Gasteiger partial charge in [-0.05, 0) is 71.4 Å². The third kappa shape index (κ3) is 7.77. The van der Waals surface area contributed by atoms with Crippen LogP contribution in [0.15, 0.2) is 71.6 Å². The van der Waals surface area contributed by atoms with Gasteiger partial charge in [0.05, 0.1) is 20.6 Å². The van der Waals surface area contributed by atoms with Crippen molar-refractivity contribution in [2.24, 2.45) is 0 Å². The number of amides is 2. The highest BCUT2D eigenvalue weighted by Gasteiger charge is 2.34. The molecule has 0 saturated heterocycles. The maximum absolute atomic E-state index is 14.0. The van der Waals surface area contributed by atoms with Gasteiger partial charge in [0.25, 0.3) is 10.0 Å². The van der Waals surface area contributed by atoms with Crippen molar-refractivity contribution in [1.82, 2.24) is 10.2 Å². The lowest BCUT2D eigenvalue weighted by atomic mass is 10.1. The molecule has 40 heavy (non-hydrogen) atoms. The van der Waals surface area contributed by atoms with E-state index < -0.39 is 34.1 Å². The van der Waals surface area contributed by atoms with E-state index in [4.69, 9.17) is 23.2 Å². The molecule has 3 aromatic rings. The van der Waals surface area contributed by atoms with Gasteiger partial charge in [0.2, 0.25) is 11.8 Å². The standard InChI is InChI=1S/C30H35Cl2N3O4S/c1-20-10-14-23(15-11-20)18-34(22(3)29(37)33-30(4,5)6)27(36)19-35(26-9-7-8-25(31)28(26)32)40(38,39)24-16-12-21(2)13-17-24/h7-17,22H,18-19H2,1-6H3,(H,33,37)/t22-/m1/s1. The van der Waals surface area contributed by atoms with Crippen molar-refractivity contribution in [2.75, 3.05) is 10.8 Å². The van der Waals surface area contributed by atoms with E-state index in [9.17, 15) is 18.0 Å². The lowest BCUT2D eigenvalue weighted by Gasteiger charge is -2.33. The minimum Gasteiger partial charge on any atom is -0.350 e. The fourth-order valence-corrected chi connectivity index (χ4v) is 5.86. The summed E-state index contributed by atoms with van der Waals surface area (Å²) < 4.78 is 28.8. The van der Waals surface area contributed by atoms with Crippen LogP contribution in [-0.2, 0) is 26.2 Å². The second-order valence-electron chi connectivity index (χ2n) is 10.8. The Bertz CT molecular complexity index is 1470. The van der Waals surface area contributed by atoms with Crippen LogP contribution in [0.3, 0.4) is 0 Å². The molecule has 1 atom stereocenters. The average Bonchev–Trinajstić information content (AvgIpc) is 2.87. The van der Waals surface area contributed by atoms with Gasteiger partial charge >= 0.3 is 0 Å². The summed E-state index contributed by atoms with van der Waals surface area (Å²) in [5.41, 5.74) is 2.25. The molecule has 1 N–H and O–H groups in total. The second kappa shape index (κ2) is 12.6. The fraction of sp³-hybridized carbons (Fsp3) is 0.333. The van der Waals surface area contributed by atoms with E-state index in [2.05, 4.69) is 5.32 Å². The number of nitrogens with zero attached hydrogens (tertiary/aromatic N) is 2. The van der Waals surface area contributed by atoms with Crippen molar-refractivity contribution in [3.8, 4) is 0 Å². The molecule has 3 aromatic carbocycles. The number of hydrogen-bond acceptors (Lipinski definition) is 4. The van der Waals surface area contributed by atoms with Crippen molar-refractivity contribution in [3.63, 3.8) is 0 Å². The lowest BCUT2D eigenvalue weighted by Crippen LogP contribution is -2.54. The van der Waals surface area contributed by atoms with E-state index in [1.54, 1.807) is 25.1 Å². The highest BCUT2D eigenvalue weighted by Crippen LogP contribution is 2.35. The average molecular weight is 605 g/mol. The van der Waals surface area contributed by atoms with Gasteiger partial charge in [-0.1, -0.05) is 76.8 Å². The Kier molecular flexibility index (Phi) is 9.93. The summed E-state index contributed by atoms with van der Waals surface area (Å²) in [6, 6.07) is 17.6. The molecule has 0 bridgehead atoms. The van der Waals surface area contributed by atoms with Crippen LogP contribution in [0.5, 0.6) is 0 Å². The Morgan fingerprint density at radius 2 is 1.45 bits per heavy atom. The van der Waals surface area contributed by atoms with Crippen molar-refractivity contribution < 1.29 is 18.0 Å². The van der Waals surface area contributed by atoms with E-state index in [0.717, 1.165) is 21.0 Å². The molecule has 10 heteroatoms. The summed E-state index contributed by atoms with van der Waals surface area (Å²) in [5.74, 6) is -0.939. The Balaban J connectivity index is 2.08. The molecule has 2 amide bonds. The van der Waals surface area contributed by atoms with E-state index in [1.165, 1.54) is 29.2 Å². The zero-order chi connectivity index (χ0) is 29.8. The van der Waals surface area contributed by atoms with Crippen molar-refractivity contribution in [3.05, 3.63) is 93.5 Å². The van der Waals surface area contributed by atoms with Crippen LogP contribution in [0.25, 0.3) is 0 Å². The molecule has 0 aliphatic heterocycles. The summed E-state index contributed by atoms with van der Waals surface area (Å²) in [4.78, 5) is 28.5. The molecule has 214 valence electrons. The van der Waals surface area contributed by atoms with Crippen molar-refractivity contribution in [2.45, 2.75) is 64.6 Å².